The van der Waals surface area contributed by atoms with Crippen molar-refractivity contribution in [3.8, 4) is 0 Å². The number of nitrogens with zero attached hydrogens (tertiary/aromatic N) is 1. The Morgan fingerprint density at radius 3 is 2.62 bits per heavy atom. The molecule has 0 saturated carbocycles. The average molecular weight is 362 g/mol. The van der Waals surface area contributed by atoms with Crippen molar-refractivity contribution in [2.24, 2.45) is 0 Å². The van der Waals surface area contributed by atoms with Crippen LogP contribution in [-0.2, 0) is 14.3 Å². The molecule has 1 unspecified atom stereocenters. The fourth-order valence-corrected chi connectivity index (χ4v) is 2.85. The Morgan fingerprint density at radius 2 is 2.08 bits per heavy atom. The van der Waals surface area contributed by atoms with Crippen molar-refractivity contribution in [1.82, 2.24) is 5.32 Å². The summed E-state index contributed by atoms with van der Waals surface area (Å²) in [5.74, 6) is -3.26. The molecule has 0 amide bonds. The van der Waals surface area contributed by atoms with Crippen LogP contribution in [0.2, 0.25) is 0 Å². The molecule has 0 aliphatic carbocycles. The van der Waals surface area contributed by atoms with Gasteiger partial charge in [-0.3, -0.25) is 0 Å². The molecule has 0 spiro atoms. The van der Waals surface area contributed by atoms with Crippen molar-refractivity contribution in [3.63, 3.8) is 0 Å². The minimum atomic E-state index is -1.01. The van der Waals surface area contributed by atoms with Crippen LogP contribution in [0, 0.1) is 18.2 Å². The number of hydrogen-bond acceptors (Lipinski definition) is 4. The quantitative estimate of drug-likeness (QED) is 0.642. The number of carbonyl (C=O) groups excluding carboxylic acids is 1. The van der Waals surface area contributed by atoms with Crippen LogP contribution in [0.4, 0.5) is 8.78 Å². The van der Waals surface area contributed by atoms with Gasteiger partial charge in [0, 0.05) is 18.9 Å². The maximum absolute atomic E-state index is 14.5. The van der Waals surface area contributed by atoms with Crippen LogP contribution < -0.4 is 5.32 Å². The van der Waals surface area contributed by atoms with Gasteiger partial charge in [0.2, 0.25) is 0 Å². The van der Waals surface area contributed by atoms with Gasteiger partial charge < -0.3 is 14.8 Å². The maximum atomic E-state index is 14.5. The van der Waals surface area contributed by atoms with Gasteiger partial charge in [0.15, 0.2) is 5.70 Å². The van der Waals surface area contributed by atoms with Gasteiger partial charge in [-0.2, -0.15) is 0 Å². The standard InChI is InChI=1S/C19H20F2N2O3/c1-10(2)26-19(24)17-15(9-25-5)23-11(3)18(22-4)16(17)13-7-6-12(20)8-14(13)21/h6-8,10,16,23H,9H2,1-3,5H3. The number of rotatable bonds is 5. The second-order valence-corrected chi connectivity index (χ2v) is 6.13. The summed E-state index contributed by atoms with van der Waals surface area (Å²) in [5.41, 5.74) is 1.12. The average Bonchev–Trinajstić information content (AvgIpc) is 2.54. The third-order valence-electron chi connectivity index (χ3n) is 3.86. The minimum absolute atomic E-state index is 0.0301. The van der Waals surface area contributed by atoms with E-state index in [9.17, 15) is 13.6 Å². The number of halogens is 2. The molecule has 1 atom stereocenters. The Morgan fingerprint density at radius 1 is 1.38 bits per heavy atom. The lowest BCUT2D eigenvalue weighted by atomic mass is 9.83. The summed E-state index contributed by atoms with van der Waals surface area (Å²) >= 11 is 0. The van der Waals surface area contributed by atoms with Crippen molar-refractivity contribution in [3.05, 3.63) is 69.5 Å². The number of methoxy groups -OCH3 is 1. The molecule has 1 aromatic carbocycles. The van der Waals surface area contributed by atoms with E-state index in [-0.39, 0.29) is 23.4 Å². The zero-order chi connectivity index (χ0) is 19.4. The van der Waals surface area contributed by atoms with Gasteiger partial charge in [0.1, 0.15) is 11.6 Å². The number of nitrogens with one attached hydrogen (secondary N) is 1. The lowest BCUT2D eigenvalue weighted by Crippen LogP contribution is -2.32. The number of allylic oxidation sites excluding steroid dienone is 2. The molecule has 1 aromatic rings. The Bertz CT molecular complexity index is 823. The molecule has 138 valence electrons. The minimum Gasteiger partial charge on any atom is -0.460 e. The molecule has 0 bridgehead atoms. The molecule has 1 aliphatic rings. The van der Waals surface area contributed by atoms with Gasteiger partial charge in [-0.25, -0.2) is 18.4 Å². The van der Waals surface area contributed by atoms with Crippen molar-refractivity contribution >= 4 is 5.97 Å². The molecule has 1 aliphatic heterocycles. The van der Waals surface area contributed by atoms with Gasteiger partial charge in [-0.05, 0) is 32.4 Å². The van der Waals surface area contributed by atoms with Gasteiger partial charge in [-0.1, -0.05) is 6.07 Å². The molecular weight excluding hydrogens is 342 g/mol. The van der Waals surface area contributed by atoms with Crippen LogP contribution in [0.1, 0.15) is 32.3 Å². The molecule has 5 nitrogen and oxygen atoms in total. The molecule has 2 rings (SSSR count). The van der Waals surface area contributed by atoms with Gasteiger partial charge in [-0.15, -0.1) is 0 Å². The number of benzene rings is 1. The topological polar surface area (TPSA) is 51.9 Å². The Hall–Kier alpha value is -2.72. The van der Waals surface area contributed by atoms with Crippen LogP contribution in [0.3, 0.4) is 0 Å². The summed E-state index contributed by atoms with van der Waals surface area (Å²) in [6.07, 6.45) is -0.402. The lowest BCUT2D eigenvalue weighted by Gasteiger charge is -2.30. The number of dihydropyridines is 1. The zero-order valence-electron chi connectivity index (χ0n) is 15.0. The largest absolute Gasteiger partial charge is 0.460 e. The fourth-order valence-electron chi connectivity index (χ4n) is 2.85. The summed E-state index contributed by atoms with van der Waals surface area (Å²) < 4.78 is 38.3. The third kappa shape index (κ3) is 3.92. The predicted molar refractivity (Wildman–Crippen MR) is 91.7 cm³/mol. The highest BCUT2D eigenvalue weighted by atomic mass is 19.1. The first-order chi connectivity index (χ1) is 12.3. The maximum Gasteiger partial charge on any atom is 0.335 e. The first kappa shape index (κ1) is 19.6. The number of esters is 1. The van der Waals surface area contributed by atoms with Crippen LogP contribution in [-0.4, -0.2) is 25.8 Å². The predicted octanol–water partition coefficient (Wildman–Crippen LogP) is 3.65. The number of carbonyl (C=O) groups is 1. The second-order valence-electron chi connectivity index (χ2n) is 6.13. The van der Waals surface area contributed by atoms with Gasteiger partial charge in [0.05, 0.1) is 36.5 Å². The summed E-state index contributed by atoms with van der Waals surface area (Å²) in [6.45, 7) is 12.6. The molecule has 1 N–H and O–H groups in total. The lowest BCUT2D eigenvalue weighted by molar-refractivity contribution is -0.143. The Balaban J connectivity index is 2.70. The first-order valence-corrected chi connectivity index (χ1v) is 8.03. The van der Waals surface area contributed by atoms with Crippen LogP contribution in [0.25, 0.3) is 4.85 Å². The smallest absolute Gasteiger partial charge is 0.335 e. The van der Waals surface area contributed by atoms with E-state index in [1.807, 2.05) is 0 Å². The van der Waals surface area contributed by atoms with E-state index in [2.05, 4.69) is 10.2 Å². The highest BCUT2D eigenvalue weighted by molar-refractivity contribution is 5.93. The van der Waals surface area contributed by atoms with Gasteiger partial charge >= 0.3 is 5.97 Å². The van der Waals surface area contributed by atoms with Crippen molar-refractivity contribution in [2.45, 2.75) is 32.8 Å². The molecule has 0 radical (unpaired) electrons. The molecule has 0 fully saturated rings. The van der Waals surface area contributed by atoms with Gasteiger partial charge in [0.25, 0.3) is 0 Å². The van der Waals surface area contributed by atoms with E-state index in [1.165, 1.54) is 13.2 Å². The number of ether oxygens (including phenoxy) is 2. The third-order valence-corrected chi connectivity index (χ3v) is 3.86. The van der Waals surface area contributed by atoms with Crippen molar-refractivity contribution in [1.29, 1.82) is 0 Å². The molecule has 7 heteroatoms. The van der Waals surface area contributed by atoms with E-state index in [0.717, 1.165) is 12.1 Å². The van der Waals surface area contributed by atoms with Crippen molar-refractivity contribution < 1.29 is 23.0 Å². The number of hydrogen-bond donors (Lipinski definition) is 1. The Labute approximate surface area is 151 Å². The fraction of sp³-hybridized carbons (Fsp3) is 0.368. The van der Waals surface area contributed by atoms with Crippen LogP contribution in [0.15, 0.2) is 40.9 Å². The highest BCUT2D eigenvalue weighted by Crippen LogP contribution is 2.40. The zero-order valence-corrected chi connectivity index (χ0v) is 15.0. The van der Waals surface area contributed by atoms with Crippen LogP contribution in [0.5, 0.6) is 0 Å². The SMILES string of the molecule is [C-]#[N+]C1=C(C)NC(COC)=C(C(=O)OC(C)C)C1c1ccc(F)cc1F. The normalized spacial score (nSPS) is 17.2. The molecule has 0 aromatic heterocycles. The van der Waals surface area contributed by atoms with E-state index in [1.54, 1.807) is 20.8 Å². The first-order valence-electron chi connectivity index (χ1n) is 8.03. The van der Waals surface area contributed by atoms with Crippen molar-refractivity contribution in [2.75, 3.05) is 13.7 Å². The summed E-state index contributed by atoms with van der Waals surface area (Å²) in [4.78, 5) is 16.2. The Kier molecular flexibility index (Phi) is 6.11. The van der Waals surface area contributed by atoms with E-state index in [0.29, 0.717) is 11.4 Å². The molecule has 1 heterocycles. The van der Waals surface area contributed by atoms with Crippen LogP contribution >= 0.6 is 0 Å². The molecule has 0 saturated heterocycles. The molecule has 26 heavy (non-hydrogen) atoms. The summed E-state index contributed by atoms with van der Waals surface area (Å²) in [5, 5.41) is 2.98. The summed E-state index contributed by atoms with van der Waals surface area (Å²) in [6, 6.07) is 3.07. The van der Waals surface area contributed by atoms with E-state index < -0.39 is 29.6 Å². The highest BCUT2D eigenvalue weighted by Gasteiger charge is 2.37. The molecular formula is C19H20F2N2O3. The monoisotopic (exact) mass is 362 g/mol. The second kappa shape index (κ2) is 8.11. The summed E-state index contributed by atoms with van der Waals surface area (Å²) in [7, 11) is 1.46. The van der Waals surface area contributed by atoms with E-state index >= 15 is 0 Å². The van der Waals surface area contributed by atoms with E-state index in [4.69, 9.17) is 16.0 Å².